The molecule has 0 saturated carbocycles. The zero-order valence-electron chi connectivity index (χ0n) is 18.4. The fourth-order valence-corrected chi connectivity index (χ4v) is 4.45. The second-order valence-electron chi connectivity index (χ2n) is 8.30. The molecule has 0 N–H and O–H groups in total. The Labute approximate surface area is 189 Å². The summed E-state index contributed by atoms with van der Waals surface area (Å²) in [7, 11) is 0. The summed E-state index contributed by atoms with van der Waals surface area (Å²) in [4.78, 5) is 20.5. The van der Waals surface area contributed by atoms with E-state index in [4.69, 9.17) is 0 Å². The van der Waals surface area contributed by atoms with Crippen molar-refractivity contribution < 1.29 is 4.92 Å². The molecule has 2 aromatic carbocycles. The van der Waals surface area contributed by atoms with Gasteiger partial charge in [-0.2, -0.15) is 0 Å². The molecule has 1 aliphatic heterocycles. The monoisotopic (exact) mass is 430 g/mol. The third kappa shape index (κ3) is 5.51. The predicted octanol–water partition coefficient (Wildman–Crippen LogP) is 5.59. The van der Waals surface area contributed by atoms with Crippen LogP contribution in [0.1, 0.15) is 36.8 Å². The van der Waals surface area contributed by atoms with Crippen molar-refractivity contribution in [3.63, 3.8) is 0 Å². The van der Waals surface area contributed by atoms with Crippen molar-refractivity contribution in [3.05, 3.63) is 94.2 Å². The molecule has 0 aliphatic carbocycles. The summed E-state index contributed by atoms with van der Waals surface area (Å²) in [6, 6.07) is 21.7. The third-order valence-electron chi connectivity index (χ3n) is 6.04. The maximum Gasteiger partial charge on any atom is 0.311 e. The summed E-state index contributed by atoms with van der Waals surface area (Å²) in [5.74, 6) is 0.414. The number of pyridine rings is 1. The van der Waals surface area contributed by atoms with Crippen LogP contribution in [0.15, 0.2) is 72.9 Å². The molecule has 1 fully saturated rings. The molecule has 0 amide bonds. The third-order valence-corrected chi connectivity index (χ3v) is 6.04. The van der Waals surface area contributed by atoms with Crippen molar-refractivity contribution in [1.29, 1.82) is 0 Å². The van der Waals surface area contributed by atoms with E-state index < -0.39 is 0 Å². The topological polar surface area (TPSA) is 62.5 Å². The van der Waals surface area contributed by atoms with Crippen molar-refractivity contribution in [3.8, 4) is 0 Å². The number of hydrogen-bond donors (Lipinski definition) is 0. The summed E-state index contributed by atoms with van der Waals surface area (Å²) in [5, 5.41) is 11.8. The first-order valence-corrected chi connectivity index (χ1v) is 11.4. The molecule has 0 radical (unpaired) electrons. The maximum atomic E-state index is 11.8. The SMILES string of the molecule is O=[N+]([O-])c1cccnc1N(CCCN1CCCCC1)c1ccccc1Cc1ccccc1. The Balaban J connectivity index is 1.64. The van der Waals surface area contributed by atoms with Gasteiger partial charge < -0.3 is 9.80 Å². The van der Waals surface area contributed by atoms with Crippen LogP contribution in [0, 0.1) is 10.1 Å². The number of para-hydroxylation sites is 1. The minimum Gasteiger partial charge on any atom is -0.320 e. The molecule has 1 aliphatic rings. The second-order valence-corrected chi connectivity index (χ2v) is 8.30. The highest BCUT2D eigenvalue weighted by Crippen LogP contribution is 2.34. The Kier molecular flexibility index (Phi) is 7.46. The Bertz CT molecular complexity index is 1020. The van der Waals surface area contributed by atoms with Gasteiger partial charge >= 0.3 is 5.69 Å². The van der Waals surface area contributed by atoms with E-state index >= 15 is 0 Å². The van der Waals surface area contributed by atoms with Gasteiger partial charge in [-0.25, -0.2) is 4.98 Å². The second kappa shape index (κ2) is 10.9. The number of nitro groups is 1. The molecule has 3 aromatic rings. The number of benzene rings is 2. The van der Waals surface area contributed by atoms with Crippen LogP contribution in [-0.2, 0) is 6.42 Å². The number of rotatable bonds is 9. The first kappa shape index (κ1) is 22.0. The predicted molar refractivity (Wildman–Crippen MR) is 128 cm³/mol. The fourth-order valence-electron chi connectivity index (χ4n) is 4.45. The van der Waals surface area contributed by atoms with Crippen LogP contribution in [0.4, 0.5) is 17.2 Å². The molecule has 0 unspecified atom stereocenters. The molecule has 6 heteroatoms. The Morgan fingerprint density at radius 3 is 2.47 bits per heavy atom. The zero-order chi connectivity index (χ0) is 22.2. The summed E-state index contributed by atoms with van der Waals surface area (Å²) < 4.78 is 0. The van der Waals surface area contributed by atoms with E-state index in [0.717, 1.165) is 43.7 Å². The van der Waals surface area contributed by atoms with Crippen LogP contribution in [0.3, 0.4) is 0 Å². The van der Waals surface area contributed by atoms with E-state index in [-0.39, 0.29) is 10.6 Å². The van der Waals surface area contributed by atoms with E-state index in [2.05, 4.69) is 34.1 Å². The highest BCUT2D eigenvalue weighted by Gasteiger charge is 2.24. The number of piperidine rings is 1. The lowest BCUT2D eigenvalue weighted by Gasteiger charge is -2.29. The molecule has 1 saturated heterocycles. The van der Waals surface area contributed by atoms with E-state index in [1.165, 1.54) is 24.8 Å². The van der Waals surface area contributed by atoms with E-state index in [9.17, 15) is 10.1 Å². The molecule has 6 nitrogen and oxygen atoms in total. The number of nitrogens with zero attached hydrogens (tertiary/aromatic N) is 4. The van der Waals surface area contributed by atoms with Crippen LogP contribution in [0.25, 0.3) is 0 Å². The summed E-state index contributed by atoms with van der Waals surface area (Å²) in [5.41, 5.74) is 3.37. The average Bonchev–Trinajstić information content (AvgIpc) is 2.84. The summed E-state index contributed by atoms with van der Waals surface area (Å²) in [6.07, 6.45) is 7.16. The van der Waals surface area contributed by atoms with Gasteiger partial charge in [0.2, 0.25) is 5.82 Å². The summed E-state index contributed by atoms with van der Waals surface area (Å²) in [6.45, 7) is 3.97. The smallest absolute Gasteiger partial charge is 0.311 e. The normalized spacial score (nSPS) is 14.2. The van der Waals surface area contributed by atoms with Crippen LogP contribution in [0.2, 0.25) is 0 Å². The maximum absolute atomic E-state index is 11.8. The van der Waals surface area contributed by atoms with Gasteiger partial charge in [-0.15, -0.1) is 0 Å². The van der Waals surface area contributed by atoms with Crippen molar-refractivity contribution in [1.82, 2.24) is 9.88 Å². The van der Waals surface area contributed by atoms with E-state index in [1.807, 2.05) is 35.2 Å². The highest BCUT2D eigenvalue weighted by molar-refractivity contribution is 5.70. The van der Waals surface area contributed by atoms with Crippen LogP contribution in [0.5, 0.6) is 0 Å². The molecule has 32 heavy (non-hydrogen) atoms. The van der Waals surface area contributed by atoms with Gasteiger partial charge in [0, 0.05) is 24.5 Å². The van der Waals surface area contributed by atoms with Gasteiger partial charge in [0.25, 0.3) is 0 Å². The fraction of sp³-hybridized carbons (Fsp3) is 0.346. The molecule has 0 atom stereocenters. The van der Waals surface area contributed by atoms with E-state index in [0.29, 0.717) is 12.4 Å². The Hall–Kier alpha value is -3.25. The van der Waals surface area contributed by atoms with Crippen LogP contribution < -0.4 is 4.90 Å². The average molecular weight is 431 g/mol. The number of hydrogen-bond acceptors (Lipinski definition) is 5. The Morgan fingerprint density at radius 2 is 1.69 bits per heavy atom. The lowest BCUT2D eigenvalue weighted by atomic mass is 10.0. The van der Waals surface area contributed by atoms with E-state index in [1.54, 1.807) is 18.3 Å². The zero-order valence-corrected chi connectivity index (χ0v) is 18.4. The molecule has 0 bridgehead atoms. The number of aromatic nitrogens is 1. The van der Waals surface area contributed by atoms with Gasteiger partial charge in [0.05, 0.1) is 4.92 Å². The largest absolute Gasteiger partial charge is 0.320 e. The molecule has 0 spiro atoms. The lowest BCUT2D eigenvalue weighted by Crippen LogP contribution is -2.33. The minimum absolute atomic E-state index is 0.0417. The summed E-state index contributed by atoms with van der Waals surface area (Å²) >= 11 is 0. The Morgan fingerprint density at radius 1 is 0.938 bits per heavy atom. The quantitative estimate of drug-likeness (QED) is 0.327. The van der Waals surface area contributed by atoms with Gasteiger partial charge in [-0.05, 0) is 68.6 Å². The van der Waals surface area contributed by atoms with Crippen molar-refractivity contribution in [2.45, 2.75) is 32.1 Å². The van der Waals surface area contributed by atoms with Crippen molar-refractivity contribution in [2.75, 3.05) is 31.1 Å². The highest BCUT2D eigenvalue weighted by atomic mass is 16.6. The van der Waals surface area contributed by atoms with Gasteiger partial charge in [-0.3, -0.25) is 10.1 Å². The first-order chi connectivity index (χ1) is 15.7. The molecular formula is C26H30N4O2. The molecule has 4 rings (SSSR count). The van der Waals surface area contributed by atoms with Crippen LogP contribution in [-0.4, -0.2) is 41.0 Å². The lowest BCUT2D eigenvalue weighted by molar-refractivity contribution is -0.384. The van der Waals surface area contributed by atoms with Gasteiger partial charge in [-0.1, -0.05) is 55.0 Å². The van der Waals surface area contributed by atoms with Gasteiger partial charge in [0.15, 0.2) is 0 Å². The molecule has 2 heterocycles. The molecule has 1 aromatic heterocycles. The number of likely N-dealkylation sites (tertiary alicyclic amines) is 1. The standard InChI is InChI=1S/C26H30N4O2/c31-30(32)25-15-9-16-27-26(25)29(20-10-19-28-17-7-2-8-18-28)24-14-6-5-13-23(24)21-22-11-3-1-4-12-22/h1,3-6,9,11-16H,2,7-8,10,17-21H2. The molecular weight excluding hydrogens is 400 g/mol. The molecule has 166 valence electrons. The van der Waals surface area contributed by atoms with Crippen molar-refractivity contribution >= 4 is 17.2 Å². The van der Waals surface area contributed by atoms with Crippen LogP contribution >= 0.6 is 0 Å². The van der Waals surface area contributed by atoms with Crippen molar-refractivity contribution in [2.24, 2.45) is 0 Å². The van der Waals surface area contributed by atoms with Gasteiger partial charge in [0.1, 0.15) is 0 Å². The minimum atomic E-state index is -0.334. The number of anilines is 2. The first-order valence-electron chi connectivity index (χ1n) is 11.4.